The highest BCUT2D eigenvalue weighted by Crippen LogP contribution is 2.11. The first-order valence-electron chi connectivity index (χ1n) is 6.35. The number of hydrogen-bond acceptors (Lipinski definition) is 6. The molecule has 1 amide bonds. The molecule has 0 saturated heterocycles. The second kappa shape index (κ2) is 4.93. The fourth-order valence-corrected chi connectivity index (χ4v) is 2.05. The van der Waals surface area contributed by atoms with Gasteiger partial charge in [0.25, 0.3) is 11.7 Å². The zero-order chi connectivity index (χ0) is 15.0. The number of hydrogen-bond donors (Lipinski definition) is 1. The van der Waals surface area contributed by atoms with Gasteiger partial charge in [-0.15, -0.1) is 0 Å². The van der Waals surface area contributed by atoms with Crippen molar-refractivity contribution in [3.05, 3.63) is 35.4 Å². The van der Waals surface area contributed by atoms with E-state index in [0.717, 1.165) is 0 Å². The number of fused-ring (bicyclic) bond motifs is 1. The number of rotatable bonds is 3. The molecule has 21 heavy (non-hydrogen) atoms. The lowest BCUT2D eigenvalue weighted by atomic mass is 10.2. The quantitative estimate of drug-likeness (QED) is 0.733. The highest BCUT2D eigenvalue weighted by molar-refractivity contribution is 5.94. The van der Waals surface area contributed by atoms with E-state index in [2.05, 4.69) is 30.2 Å². The van der Waals surface area contributed by atoms with Gasteiger partial charge in [-0.1, -0.05) is 0 Å². The highest BCUT2D eigenvalue weighted by Gasteiger charge is 2.18. The van der Waals surface area contributed by atoms with Gasteiger partial charge in [0, 0.05) is 13.2 Å². The molecular weight excluding hydrogens is 272 g/mol. The SMILES string of the molecule is Cc1nc(CN(C)C(=O)c2cnc3ncnn3c2C)n[nH]1. The number of H-pyrrole nitrogens is 1. The molecular formula is C12H14N8O. The van der Waals surface area contributed by atoms with E-state index in [1.807, 2.05) is 6.92 Å². The molecule has 0 unspecified atom stereocenters. The molecule has 3 aromatic heterocycles. The minimum atomic E-state index is -0.167. The van der Waals surface area contributed by atoms with Gasteiger partial charge in [0.2, 0.25) is 0 Å². The third-order valence-corrected chi connectivity index (χ3v) is 3.15. The molecule has 0 spiro atoms. The molecule has 0 aliphatic heterocycles. The summed E-state index contributed by atoms with van der Waals surface area (Å²) >= 11 is 0. The van der Waals surface area contributed by atoms with E-state index < -0.39 is 0 Å². The topological polar surface area (TPSA) is 105 Å². The Hall–Kier alpha value is -2.84. The fourth-order valence-electron chi connectivity index (χ4n) is 2.05. The van der Waals surface area contributed by atoms with Gasteiger partial charge in [0.1, 0.15) is 12.2 Å². The normalized spacial score (nSPS) is 11.0. The Balaban J connectivity index is 1.87. The third-order valence-electron chi connectivity index (χ3n) is 3.15. The predicted octanol–water partition coefficient (Wildman–Crippen LogP) is 0.131. The molecule has 0 bridgehead atoms. The van der Waals surface area contributed by atoms with E-state index in [1.165, 1.54) is 21.9 Å². The number of aromatic amines is 1. The molecule has 0 aliphatic rings. The van der Waals surface area contributed by atoms with Crippen LogP contribution in [0.3, 0.4) is 0 Å². The van der Waals surface area contributed by atoms with Gasteiger partial charge in [-0.05, 0) is 13.8 Å². The van der Waals surface area contributed by atoms with Crippen molar-refractivity contribution in [2.75, 3.05) is 7.05 Å². The summed E-state index contributed by atoms with van der Waals surface area (Å²) in [5, 5.41) is 10.8. The van der Waals surface area contributed by atoms with Crippen LogP contribution in [0.4, 0.5) is 0 Å². The number of amides is 1. The molecule has 0 atom stereocenters. The first-order valence-corrected chi connectivity index (χ1v) is 6.35. The molecule has 0 aliphatic carbocycles. The van der Waals surface area contributed by atoms with E-state index in [4.69, 9.17) is 0 Å². The molecule has 0 fully saturated rings. The smallest absolute Gasteiger partial charge is 0.257 e. The van der Waals surface area contributed by atoms with Crippen LogP contribution in [0.15, 0.2) is 12.5 Å². The molecule has 9 heteroatoms. The van der Waals surface area contributed by atoms with Crippen molar-refractivity contribution in [3.8, 4) is 0 Å². The lowest BCUT2D eigenvalue weighted by Crippen LogP contribution is -2.28. The van der Waals surface area contributed by atoms with Gasteiger partial charge in [0.15, 0.2) is 5.82 Å². The summed E-state index contributed by atoms with van der Waals surface area (Å²) in [6, 6.07) is 0. The number of carbonyl (C=O) groups excluding carboxylic acids is 1. The summed E-state index contributed by atoms with van der Waals surface area (Å²) in [5.74, 6) is 1.58. The van der Waals surface area contributed by atoms with E-state index >= 15 is 0 Å². The number of carbonyl (C=O) groups is 1. The lowest BCUT2D eigenvalue weighted by Gasteiger charge is -2.16. The molecule has 0 aromatic carbocycles. The summed E-state index contributed by atoms with van der Waals surface area (Å²) < 4.78 is 1.54. The third kappa shape index (κ3) is 2.33. The van der Waals surface area contributed by atoms with Crippen LogP contribution in [-0.4, -0.2) is 52.6 Å². The zero-order valence-corrected chi connectivity index (χ0v) is 11.9. The highest BCUT2D eigenvalue weighted by atomic mass is 16.2. The van der Waals surface area contributed by atoms with Crippen LogP contribution in [0.2, 0.25) is 0 Å². The van der Waals surface area contributed by atoms with Crippen molar-refractivity contribution < 1.29 is 4.79 Å². The van der Waals surface area contributed by atoms with Crippen LogP contribution in [0, 0.1) is 13.8 Å². The predicted molar refractivity (Wildman–Crippen MR) is 72.4 cm³/mol. The number of nitrogens with zero attached hydrogens (tertiary/aromatic N) is 7. The molecule has 3 heterocycles. The fraction of sp³-hybridized carbons (Fsp3) is 0.333. The van der Waals surface area contributed by atoms with Crippen molar-refractivity contribution in [3.63, 3.8) is 0 Å². The van der Waals surface area contributed by atoms with Crippen LogP contribution in [0.25, 0.3) is 5.78 Å². The van der Waals surface area contributed by atoms with Crippen molar-refractivity contribution in [2.24, 2.45) is 0 Å². The first-order chi connectivity index (χ1) is 10.1. The van der Waals surface area contributed by atoms with E-state index in [1.54, 1.807) is 14.0 Å². The second-order valence-corrected chi connectivity index (χ2v) is 4.73. The van der Waals surface area contributed by atoms with Gasteiger partial charge >= 0.3 is 0 Å². The van der Waals surface area contributed by atoms with Gasteiger partial charge in [-0.3, -0.25) is 9.89 Å². The van der Waals surface area contributed by atoms with Gasteiger partial charge in [-0.25, -0.2) is 14.5 Å². The zero-order valence-electron chi connectivity index (χ0n) is 11.9. The maximum atomic E-state index is 12.5. The number of nitrogens with one attached hydrogen (secondary N) is 1. The molecule has 3 rings (SSSR count). The van der Waals surface area contributed by atoms with Crippen LogP contribution in [0.1, 0.15) is 27.7 Å². The largest absolute Gasteiger partial charge is 0.334 e. The Bertz CT molecular complexity index is 805. The number of aromatic nitrogens is 7. The van der Waals surface area contributed by atoms with Crippen molar-refractivity contribution >= 4 is 11.7 Å². The molecule has 108 valence electrons. The Morgan fingerprint density at radius 2 is 2.19 bits per heavy atom. The Kier molecular flexibility index (Phi) is 3.09. The molecule has 0 radical (unpaired) electrons. The van der Waals surface area contributed by atoms with Crippen LogP contribution >= 0.6 is 0 Å². The summed E-state index contributed by atoms with van der Waals surface area (Å²) in [6.45, 7) is 3.93. The Morgan fingerprint density at radius 3 is 2.90 bits per heavy atom. The summed E-state index contributed by atoms with van der Waals surface area (Å²) in [5.41, 5.74) is 1.17. The van der Waals surface area contributed by atoms with E-state index in [9.17, 15) is 4.79 Å². The molecule has 1 N–H and O–H groups in total. The first kappa shape index (κ1) is 13.2. The minimum Gasteiger partial charge on any atom is -0.334 e. The second-order valence-electron chi connectivity index (χ2n) is 4.73. The maximum Gasteiger partial charge on any atom is 0.257 e. The van der Waals surface area contributed by atoms with Crippen LogP contribution in [0.5, 0.6) is 0 Å². The van der Waals surface area contributed by atoms with Crippen LogP contribution < -0.4 is 0 Å². The van der Waals surface area contributed by atoms with Gasteiger partial charge in [-0.2, -0.15) is 15.2 Å². The summed E-state index contributed by atoms with van der Waals surface area (Å²) in [7, 11) is 1.69. The monoisotopic (exact) mass is 286 g/mol. The lowest BCUT2D eigenvalue weighted by molar-refractivity contribution is 0.0779. The number of aryl methyl sites for hydroxylation is 2. The average molecular weight is 286 g/mol. The molecule has 3 aromatic rings. The van der Waals surface area contributed by atoms with Crippen molar-refractivity contribution in [1.82, 2.24) is 39.7 Å². The van der Waals surface area contributed by atoms with Crippen molar-refractivity contribution in [1.29, 1.82) is 0 Å². The standard InChI is InChI=1S/C12H14N8O/c1-7-9(4-13-12-14-6-15-20(7)12)11(21)19(3)5-10-16-8(2)17-18-10/h4,6H,5H2,1-3H3,(H,16,17,18). The Morgan fingerprint density at radius 1 is 1.38 bits per heavy atom. The molecule has 0 saturated carbocycles. The Labute approximate surface area is 120 Å². The average Bonchev–Trinajstić information content (AvgIpc) is 3.08. The van der Waals surface area contributed by atoms with Gasteiger partial charge < -0.3 is 4.90 Å². The van der Waals surface area contributed by atoms with Crippen molar-refractivity contribution in [2.45, 2.75) is 20.4 Å². The van der Waals surface area contributed by atoms with Crippen LogP contribution in [-0.2, 0) is 6.54 Å². The summed E-state index contributed by atoms with van der Waals surface area (Å²) in [4.78, 5) is 26.3. The maximum absolute atomic E-state index is 12.5. The minimum absolute atomic E-state index is 0.167. The van der Waals surface area contributed by atoms with Gasteiger partial charge in [0.05, 0.1) is 17.8 Å². The molecule has 9 nitrogen and oxygen atoms in total. The summed E-state index contributed by atoms with van der Waals surface area (Å²) in [6.07, 6.45) is 2.92. The van der Waals surface area contributed by atoms with E-state index in [-0.39, 0.29) is 5.91 Å². The van der Waals surface area contributed by atoms with E-state index in [0.29, 0.717) is 35.2 Å².